The molecule has 3 rings (SSSR count). The maximum Gasteiger partial charge on any atom is 0.160 e. The van der Waals surface area contributed by atoms with Crippen molar-refractivity contribution in [3.63, 3.8) is 0 Å². The maximum atomic E-state index is 9.78. The van der Waals surface area contributed by atoms with Crippen LogP contribution in [0.15, 0.2) is 42.5 Å². The summed E-state index contributed by atoms with van der Waals surface area (Å²) in [5, 5.41) is 9.78. The first-order valence-corrected chi connectivity index (χ1v) is 8.63. The topological polar surface area (TPSA) is 76.7 Å². The number of para-hydroxylation sites is 2. The summed E-state index contributed by atoms with van der Waals surface area (Å²) in [6.07, 6.45) is 0. The summed E-state index contributed by atoms with van der Waals surface area (Å²) in [6, 6.07) is 14.0. The van der Waals surface area contributed by atoms with Gasteiger partial charge in [0.05, 0.1) is 19.9 Å². The third-order valence-corrected chi connectivity index (χ3v) is 4.97. The Kier molecular flexibility index (Phi) is 11.1. The number of methoxy groups -OCH3 is 2. The molecule has 1 atom stereocenters. The van der Waals surface area contributed by atoms with E-state index in [0.717, 1.165) is 43.2 Å². The Morgan fingerprint density at radius 1 is 0.893 bits per heavy atom. The van der Waals surface area contributed by atoms with Gasteiger partial charge in [-0.05, 0) is 36.8 Å². The molecule has 0 aliphatic carbocycles. The van der Waals surface area contributed by atoms with Crippen molar-refractivity contribution in [2.45, 2.75) is 13.0 Å². The largest absolute Gasteiger partial charge is 0.504 e. The minimum absolute atomic E-state index is 0. The number of hydrogen-bond donors (Lipinski definition) is 1. The average Bonchev–Trinajstić information content (AvgIpc) is 2.68. The minimum Gasteiger partial charge on any atom is -0.504 e. The van der Waals surface area contributed by atoms with Crippen LogP contribution in [0.4, 0.5) is 5.69 Å². The predicted molar refractivity (Wildman–Crippen MR) is 118 cm³/mol. The van der Waals surface area contributed by atoms with Crippen molar-refractivity contribution in [2.24, 2.45) is 0 Å². The molecule has 158 valence electrons. The van der Waals surface area contributed by atoms with Crippen LogP contribution in [0.1, 0.15) is 18.5 Å². The smallest absolute Gasteiger partial charge is 0.160 e. The van der Waals surface area contributed by atoms with E-state index < -0.39 is 0 Å². The summed E-state index contributed by atoms with van der Waals surface area (Å²) in [6.45, 7) is 6.06. The number of piperazine rings is 1. The van der Waals surface area contributed by atoms with Gasteiger partial charge in [-0.25, -0.2) is 0 Å². The molecule has 6 nitrogen and oxygen atoms in total. The van der Waals surface area contributed by atoms with Gasteiger partial charge in [-0.1, -0.05) is 18.2 Å². The normalized spacial score (nSPS) is 14.8. The fourth-order valence-electron chi connectivity index (χ4n) is 3.41. The molecule has 0 amide bonds. The Balaban J connectivity index is 0.00000243. The second-order valence-electron chi connectivity index (χ2n) is 6.30. The van der Waals surface area contributed by atoms with Crippen LogP contribution in [0.25, 0.3) is 0 Å². The highest BCUT2D eigenvalue weighted by Crippen LogP contribution is 2.33. The van der Waals surface area contributed by atoms with Crippen LogP contribution in [-0.4, -0.2) is 55.9 Å². The zero-order chi connectivity index (χ0) is 17.8. The number of aromatic hydroxyl groups is 1. The van der Waals surface area contributed by atoms with E-state index in [1.807, 2.05) is 24.3 Å². The summed E-state index contributed by atoms with van der Waals surface area (Å²) in [4.78, 5) is 4.83. The highest BCUT2D eigenvalue weighted by molar-refractivity contribution is 5.85. The van der Waals surface area contributed by atoms with E-state index >= 15 is 0 Å². The van der Waals surface area contributed by atoms with Crippen LogP contribution in [0, 0.1) is 0 Å². The SMILES string of the molecule is COc1cc(C(C)N2CCN(c3ccccc3OC)CC2)ccc1O.Cl.Cl.O. The number of halogens is 2. The zero-order valence-corrected chi connectivity index (χ0v) is 18.1. The van der Waals surface area contributed by atoms with Crippen LogP contribution >= 0.6 is 24.8 Å². The number of benzene rings is 2. The lowest BCUT2D eigenvalue weighted by atomic mass is 10.0. The van der Waals surface area contributed by atoms with Gasteiger partial charge in [0.1, 0.15) is 5.75 Å². The Bertz CT molecular complexity index is 725. The molecule has 3 N–H and O–H groups in total. The van der Waals surface area contributed by atoms with Crippen molar-refractivity contribution in [1.29, 1.82) is 0 Å². The van der Waals surface area contributed by atoms with Crippen molar-refractivity contribution in [3.05, 3.63) is 48.0 Å². The van der Waals surface area contributed by atoms with Gasteiger partial charge in [-0.15, -0.1) is 24.8 Å². The number of hydrogen-bond acceptors (Lipinski definition) is 5. The number of nitrogens with zero attached hydrogens (tertiary/aromatic N) is 2. The lowest BCUT2D eigenvalue weighted by Crippen LogP contribution is -2.47. The first-order valence-electron chi connectivity index (χ1n) is 8.63. The lowest BCUT2D eigenvalue weighted by Gasteiger charge is -2.39. The molecule has 0 bridgehead atoms. The van der Waals surface area contributed by atoms with Gasteiger partial charge < -0.3 is 25.0 Å². The molecule has 28 heavy (non-hydrogen) atoms. The minimum atomic E-state index is 0. The van der Waals surface area contributed by atoms with E-state index in [9.17, 15) is 5.11 Å². The fraction of sp³-hybridized carbons (Fsp3) is 0.400. The third kappa shape index (κ3) is 5.58. The van der Waals surface area contributed by atoms with Gasteiger partial charge in [-0.2, -0.15) is 0 Å². The van der Waals surface area contributed by atoms with E-state index in [4.69, 9.17) is 9.47 Å². The van der Waals surface area contributed by atoms with Crippen LogP contribution in [0.2, 0.25) is 0 Å². The Morgan fingerprint density at radius 2 is 1.50 bits per heavy atom. The molecule has 1 unspecified atom stereocenters. The van der Waals surface area contributed by atoms with Crippen LogP contribution in [0.5, 0.6) is 17.2 Å². The highest BCUT2D eigenvalue weighted by atomic mass is 35.5. The first-order chi connectivity index (χ1) is 12.1. The summed E-state index contributed by atoms with van der Waals surface area (Å²) in [7, 11) is 3.30. The third-order valence-electron chi connectivity index (χ3n) is 4.97. The van der Waals surface area contributed by atoms with Crippen LogP contribution in [-0.2, 0) is 0 Å². The molecule has 0 radical (unpaired) electrons. The van der Waals surface area contributed by atoms with Crippen LogP contribution in [0.3, 0.4) is 0 Å². The Morgan fingerprint density at radius 3 is 2.11 bits per heavy atom. The van der Waals surface area contributed by atoms with E-state index in [1.54, 1.807) is 20.3 Å². The number of anilines is 1. The number of ether oxygens (including phenoxy) is 2. The summed E-state index contributed by atoms with van der Waals surface area (Å²) in [5.74, 6) is 1.63. The molecule has 8 heteroatoms. The van der Waals surface area contributed by atoms with E-state index in [0.29, 0.717) is 5.75 Å². The van der Waals surface area contributed by atoms with Gasteiger partial charge in [0, 0.05) is 32.2 Å². The molecule has 0 saturated carbocycles. The van der Waals surface area contributed by atoms with Gasteiger partial charge in [0.15, 0.2) is 11.5 Å². The predicted octanol–water partition coefficient (Wildman–Crippen LogP) is 3.31. The number of rotatable bonds is 5. The molecular formula is C20H30Cl2N2O4. The molecule has 1 aliphatic rings. The summed E-state index contributed by atoms with van der Waals surface area (Å²) >= 11 is 0. The summed E-state index contributed by atoms with van der Waals surface area (Å²) in [5.41, 5.74) is 2.31. The molecule has 1 aliphatic heterocycles. The van der Waals surface area contributed by atoms with Gasteiger partial charge in [-0.3, -0.25) is 4.90 Å². The van der Waals surface area contributed by atoms with Gasteiger partial charge >= 0.3 is 0 Å². The number of phenolic OH excluding ortho intramolecular Hbond substituents is 1. The van der Waals surface area contributed by atoms with E-state index in [1.165, 1.54) is 0 Å². The zero-order valence-electron chi connectivity index (χ0n) is 16.4. The molecule has 1 heterocycles. The molecule has 0 aromatic heterocycles. The second-order valence-corrected chi connectivity index (χ2v) is 6.30. The van der Waals surface area contributed by atoms with E-state index in [-0.39, 0.29) is 42.1 Å². The molecule has 1 saturated heterocycles. The van der Waals surface area contributed by atoms with Crippen molar-refractivity contribution in [1.82, 2.24) is 4.90 Å². The van der Waals surface area contributed by atoms with E-state index in [2.05, 4.69) is 28.9 Å². The monoisotopic (exact) mass is 432 g/mol. The van der Waals surface area contributed by atoms with Crippen molar-refractivity contribution in [3.8, 4) is 17.2 Å². The Hall–Kier alpha value is -1.86. The van der Waals surface area contributed by atoms with Crippen molar-refractivity contribution in [2.75, 3.05) is 45.3 Å². The van der Waals surface area contributed by atoms with Gasteiger partial charge in [0.25, 0.3) is 0 Å². The van der Waals surface area contributed by atoms with Crippen molar-refractivity contribution >= 4 is 30.5 Å². The average molecular weight is 433 g/mol. The molecule has 2 aromatic carbocycles. The maximum absolute atomic E-state index is 9.78. The second kappa shape index (κ2) is 11.9. The molecule has 0 spiro atoms. The fourth-order valence-corrected chi connectivity index (χ4v) is 3.41. The highest BCUT2D eigenvalue weighted by Gasteiger charge is 2.24. The van der Waals surface area contributed by atoms with Gasteiger partial charge in [0.2, 0.25) is 0 Å². The lowest BCUT2D eigenvalue weighted by molar-refractivity contribution is 0.198. The van der Waals surface area contributed by atoms with Crippen molar-refractivity contribution < 1.29 is 20.1 Å². The number of phenols is 1. The quantitative estimate of drug-likeness (QED) is 0.783. The first kappa shape index (κ1) is 26.1. The molecular weight excluding hydrogens is 403 g/mol. The molecule has 1 fully saturated rings. The standard InChI is InChI=1S/C20H26N2O3.2ClH.H2O/c1-15(16-8-9-18(23)20(14-16)25-3)21-10-12-22(13-11-21)17-6-4-5-7-19(17)24-2;;;/h4-9,14-15,23H,10-13H2,1-3H3;2*1H;1H2. The van der Waals surface area contributed by atoms with Crippen LogP contribution < -0.4 is 14.4 Å². The summed E-state index contributed by atoms with van der Waals surface area (Å²) < 4.78 is 10.7. The molecule has 2 aromatic rings. The Labute approximate surface area is 179 Å².